The Kier molecular flexibility index (Phi) is 4.34. The summed E-state index contributed by atoms with van der Waals surface area (Å²) >= 11 is 0. The molecule has 130 valence electrons. The standard InChI is InChI=1S/C17H19FO6/c1-3-23-17(21)15-9-4-8(5-10(9)15)24-14-6-11(16(19)20)13(22-2)7-12(14)18/h6-10,15H,3-5H2,1-2H3,(H,19,20)/t8-,9+,10-,15-. The number of benzene rings is 1. The maximum atomic E-state index is 14.1. The highest BCUT2D eigenvalue weighted by Gasteiger charge is 2.61. The molecule has 6 nitrogen and oxygen atoms in total. The summed E-state index contributed by atoms with van der Waals surface area (Å²) in [6.45, 7) is 2.14. The van der Waals surface area contributed by atoms with E-state index in [4.69, 9.17) is 19.3 Å². The van der Waals surface area contributed by atoms with E-state index >= 15 is 0 Å². The molecule has 1 N–H and O–H groups in total. The third-order valence-electron chi connectivity index (χ3n) is 4.74. The number of esters is 1. The minimum Gasteiger partial charge on any atom is -0.496 e. The highest BCUT2D eigenvalue weighted by Crippen LogP contribution is 2.58. The molecule has 4 atom stereocenters. The van der Waals surface area contributed by atoms with Crippen molar-refractivity contribution in [2.24, 2.45) is 17.8 Å². The molecule has 0 amide bonds. The van der Waals surface area contributed by atoms with Crippen molar-refractivity contribution in [3.63, 3.8) is 0 Å². The number of ether oxygens (including phenoxy) is 3. The molecule has 1 aromatic carbocycles. The van der Waals surface area contributed by atoms with Crippen LogP contribution >= 0.6 is 0 Å². The van der Waals surface area contributed by atoms with E-state index < -0.39 is 11.8 Å². The van der Waals surface area contributed by atoms with Crippen LogP contribution < -0.4 is 9.47 Å². The van der Waals surface area contributed by atoms with E-state index in [9.17, 15) is 14.0 Å². The van der Waals surface area contributed by atoms with Crippen molar-refractivity contribution < 1.29 is 33.3 Å². The van der Waals surface area contributed by atoms with Gasteiger partial charge in [-0.05, 0) is 31.6 Å². The van der Waals surface area contributed by atoms with Crippen molar-refractivity contribution in [1.82, 2.24) is 0 Å². The average molecular weight is 338 g/mol. The van der Waals surface area contributed by atoms with Gasteiger partial charge in [-0.25, -0.2) is 9.18 Å². The minimum atomic E-state index is -1.21. The highest BCUT2D eigenvalue weighted by atomic mass is 19.1. The van der Waals surface area contributed by atoms with Crippen LogP contribution in [-0.2, 0) is 9.53 Å². The largest absolute Gasteiger partial charge is 0.496 e. The molecule has 24 heavy (non-hydrogen) atoms. The molecule has 0 aromatic heterocycles. The fourth-order valence-electron chi connectivity index (χ4n) is 3.62. The number of hydrogen-bond acceptors (Lipinski definition) is 5. The van der Waals surface area contributed by atoms with Crippen LogP contribution in [0.2, 0.25) is 0 Å². The van der Waals surface area contributed by atoms with Crippen molar-refractivity contribution in [2.75, 3.05) is 13.7 Å². The Bertz CT molecular complexity index is 661. The van der Waals surface area contributed by atoms with E-state index in [0.29, 0.717) is 19.4 Å². The van der Waals surface area contributed by atoms with Crippen molar-refractivity contribution in [3.8, 4) is 11.5 Å². The zero-order valence-electron chi connectivity index (χ0n) is 13.5. The molecule has 2 aliphatic rings. The third-order valence-corrected chi connectivity index (χ3v) is 4.74. The Hall–Kier alpha value is -2.31. The van der Waals surface area contributed by atoms with Gasteiger partial charge in [-0.15, -0.1) is 0 Å². The van der Waals surface area contributed by atoms with Gasteiger partial charge in [0, 0.05) is 12.1 Å². The second-order valence-electron chi connectivity index (χ2n) is 6.10. The van der Waals surface area contributed by atoms with Gasteiger partial charge in [0.2, 0.25) is 0 Å². The number of methoxy groups -OCH3 is 1. The van der Waals surface area contributed by atoms with Crippen LogP contribution in [0, 0.1) is 23.6 Å². The summed E-state index contributed by atoms with van der Waals surface area (Å²) in [6, 6.07) is 2.15. The van der Waals surface area contributed by atoms with Crippen LogP contribution in [0.4, 0.5) is 4.39 Å². The maximum absolute atomic E-state index is 14.1. The predicted octanol–water partition coefficient (Wildman–Crippen LogP) is 2.50. The summed E-state index contributed by atoms with van der Waals surface area (Å²) in [7, 11) is 1.28. The molecule has 2 aliphatic carbocycles. The van der Waals surface area contributed by atoms with Crippen LogP contribution in [0.25, 0.3) is 0 Å². The zero-order chi connectivity index (χ0) is 17.4. The molecule has 0 heterocycles. The topological polar surface area (TPSA) is 82.1 Å². The van der Waals surface area contributed by atoms with Gasteiger partial charge in [0.25, 0.3) is 0 Å². The number of carboxylic acid groups (broad SMARTS) is 1. The highest BCUT2D eigenvalue weighted by molar-refractivity contribution is 5.91. The second-order valence-corrected chi connectivity index (χ2v) is 6.10. The predicted molar refractivity (Wildman–Crippen MR) is 80.7 cm³/mol. The van der Waals surface area contributed by atoms with Gasteiger partial charge in [-0.2, -0.15) is 0 Å². The zero-order valence-corrected chi connectivity index (χ0v) is 13.5. The van der Waals surface area contributed by atoms with E-state index in [1.54, 1.807) is 6.92 Å². The number of halogens is 1. The number of fused-ring (bicyclic) bond motifs is 1. The van der Waals surface area contributed by atoms with Crippen molar-refractivity contribution >= 4 is 11.9 Å². The molecule has 7 heteroatoms. The Morgan fingerprint density at radius 2 is 1.92 bits per heavy atom. The summed E-state index contributed by atoms with van der Waals surface area (Å²) in [6.07, 6.45) is 1.06. The first-order valence-corrected chi connectivity index (χ1v) is 7.90. The smallest absolute Gasteiger partial charge is 0.339 e. The summed E-state index contributed by atoms with van der Waals surface area (Å²) in [5.74, 6) is -1.85. The number of carbonyl (C=O) groups excluding carboxylic acids is 1. The maximum Gasteiger partial charge on any atom is 0.339 e. The average Bonchev–Trinajstić information content (AvgIpc) is 3.05. The van der Waals surface area contributed by atoms with Gasteiger partial charge in [0.1, 0.15) is 11.3 Å². The Morgan fingerprint density at radius 3 is 2.46 bits per heavy atom. The molecule has 2 saturated carbocycles. The van der Waals surface area contributed by atoms with Gasteiger partial charge >= 0.3 is 11.9 Å². The summed E-state index contributed by atoms with van der Waals surface area (Å²) in [5.41, 5.74) is -0.151. The first-order valence-electron chi connectivity index (χ1n) is 7.90. The summed E-state index contributed by atoms with van der Waals surface area (Å²) < 4.78 is 29.6. The monoisotopic (exact) mass is 338 g/mol. The first kappa shape index (κ1) is 16.5. The number of carboxylic acids is 1. The second kappa shape index (κ2) is 6.30. The lowest BCUT2D eigenvalue weighted by Crippen LogP contribution is -2.20. The van der Waals surface area contributed by atoms with Crippen LogP contribution in [-0.4, -0.2) is 36.9 Å². The van der Waals surface area contributed by atoms with E-state index in [1.807, 2.05) is 0 Å². The fourth-order valence-corrected chi connectivity index (χ4v) is 3.62. The molecule has 3 rings (SSSR count). The van der Waals surface area contributed by atoms with Crippen LogP contribution in [0.3, 0.4) is 0 Å². The number of rotatable bonds is 6. The van der Waals surface area contributed by atoms with Gasteiger partial charge in [-0.3, -0.25) is 4.79 Å². The number of hydrogen-bond donors (Lipinski definition) is 1. The summed E-state index contributed by atoms with van der Waals surface area (Å²) in [4.78, 5) is 22.9. The van der Waals surface area contributed by atoms with Crippen molar-refractivity contribution in [3.05, 3.63) is 23.5 Å². The fraction of sp³-hybridized carbons (Fsp3) is 0.529. The Balaban J connectivity index is 1.66. The van der Waals surface area contributed by atoms with Gasteiger partial charge in [0.15, 0.2) is 11.6 Å². The van der Waals surface area contributed by atoms with Crippen LogP contribution in [0.5, 0.6) is 11.5 Å². The van der Waals surface area contributed by atoms with Crippen molar-refractivity contribution in [2.45, 2.75) is 25.9 Å². The molecular formula is C17H19FO6. The van der Waals surface area contributed by atoms with E-state index in [1.165, 1.54) is 7.11 Å². The molecule has 0 unspecified atom stereocenters. The normalized spacial score (nSPS) is 27.3. The van der Waals surface area contributed by atoms with E-state index in [2.05, 4.69) is 0 Å². The molecule has 0 aliphatic heterocycles. The van der Waals surface area contributed by atoms with Gasteiger partial charge in [-0.1, -0.05) is 0 Å². The van der Waals surface area contributed by atoms with Crippen LogP contribution in [0.15, 0.2) is 12.1 Å². The lowest BCUT2D eigenvalue weighted by Gasteiger charge is -2.18. The van der Waals surface area contributed by atoms with Gasteiger partial charge < -0.3 is 19.3 Å². The molecule has 2 fully saturated rings. The minimum absolute atomic E-state index is 0.0519. The quantitative estimate of drug-likeness (QED) is 0.803. The SMILES string of the molecule is CCOC(=O)[C@H]1[C@@H]2C[C@H](Oc3cc(C(=O)O)c(OC)cc3F)C[C@@H]21. The van der Waals surface area contributed by atoms with Gasteiger partial charge in [0.05, 0.1) is 25.7 Å². The molecule has 0 bridgehead atoms. The van der Waals surface area contributed by atoms with Crippen LogP contribution in [0.1, 0.15) is 30.1 Å². The first-order chi connectivity index (χ1) is 11.5. The number of aromatic carboxylic acids is 1. The molecular weight excluding hydrogens is 319 g/mol. The molecule has 0 saturated heterocycles. The van der Waals surface area contributed by atoms with E-state index in [0.717, 1.165) is 12.1 Å². The van der Waals surface area contributed by atoms with Crippen molar-refractivity contribution in [1.29, 1.82) is 0 Å². The lowest BCUT2D eigenvalue weighted by molar-refractivity contribution is -0.145. The Labute approximate surface area is 138 Å². The Morgan fingerprint density at radius 1 is 1.25 bits per heavy atom. The lowest BCUT2D eigenvalue weighted by atomic mass is 10.1. The summed E-state index contributed by atoms with van der Waals surface area (Å²) in [5, 5.41) is 9.16. The number of carbonyl (C=O) groups is 2. The third kappa shape index (κ3) is 2.90. The van der Waals surface area contributed by atoms with E-state index in [-0.39, 0.29) is 46.9 Å². The molecule has 0 spiro atoms. The molecule has 1 aromatic rings. The molecule has 0 radical (unpaired) electrons.